The molecule has 0 amide bonds. The van der Waals surface area contributed by atoms with Gasteiger partial charge in [0.2, 0.25) is 0 Å². The molecule has 0 heterocycles. The molecule has 1 aromatic carbocycles. The van der Waals surface area contributed by atoms with Crippen LogP contribution in [0.15, 0.2) is 18.2 Å². The van der Waals surface area contributed by atoms with E-state index in [2.05, 4.69) is 44.3 Å². The summed E-state index contributed by atoms with van der Waals surface area (Å²) in [5, 5.41) is 3.47. The number of hydrogen-bond donors (Lipinski definition) is 1. The van der Waals surface area contributed by atoms with Crippen molar-refractivity contribution in [1.82, 2.24) is 5.32 Å². The van der Waals surface area contributed by atoms with E-state index >= 15 is 0 Å². The first-order valence-corrected chi connectivity index (χ1v) is 7.80. The molecular weight excluding hydrogens is 230 g/mol. The maximum absolute atomic E-state index is 11.0. The molecular formula is C14H23NOS. The van der Waals surface area contributed by atoms with Gasteiger partial charge in [-0.1, -0.05) is 29.3 Å². The van der Waals surface area contributed by atoms with Gasteiger partial charge in [0.15, 0.2) is 0 Å². The Morgan fingerprint density at radius 2 is 1.82 bits per heavy atom. The largest absolute Gasteiger partial charge is 0.310 e. The van der Waals surface area contributed by atoms with Gasteiger partial charge < -0.3 is 5.32 Å². The fourth-order valence-corrected chi connectivity index (χ4v) is 2.59. The van der Waals surface area contributed by atoms with Crippen LogP contribution >= 0.6 is 0 Å². The second-order valence-corrected chi connectivity index (χ2v) is 6.40. The summed E-state index contributed by atoms with van der Waals surface area (Å²) in [7, 11) is -0.682. The fourth-order valence-electron chi connectivity index (χ4n) is 1.91. The Morgan fingerprint density at radius 3 is 2.35 bits per heavy atom. The Balaban J connectivity index is 2.41. The summed E-state index contributed by atoms with van der Waals surface area (Å²) >= 11 is 0. The van der Waals surface area contributed by atoms with Gasteiger partial charge in [-0.2, -0.15) is 0 Å². The fraction of sp³-hybridized carbons (Fsp3) is 0.571. The number of benzene rings is 1. The van der Waals surface area contributed by atoms with E-state index in [0.717, 1.165) is 18.7 Å². The van der Waals surface area contributed by atoms with Crippen LogP contribution in [0.1, 0.15) is 30.0 Å². The Hall–Kier alpha value is -0.670. The molecule has 0 aliphatic heterocycles. The lowest BCUT2D eigenvalue weighted by molar-refractivity contribution is 0.534. The lowest BCUT2D eigenvalue weighted by Gasteiger charge is -2.13. The average Bonchev–Trinajstić information content (AvgIpc) is 2.22. The van der Waals surface area contributed by atoms with Gasteiger partial charge in [0, 0.05) is 35.4 Å². The molecule has 2 unspecified atom stereocenters. The van der Waals surface area contributed by atoms with Gasteiger partial charge in [-0.15, -0.1) is 0 Å². The van der Waals surface area contributed by atoms with Crippen molar-refractivity contribution in [2.24, 2.45) is 0 Å². The molecule has 1 N–H and O–H groups in total. The zero-order valence-corrected chi connectivity index (χ0v) is 12.1. The second kappa shape index (κ2) is 6.92. The molecule has 3 heteroatoms. The lowest BCUT2D eigenvalue weighted by Crippen LogP contribution is -2.27. The minimum absolute atomic E-state index is 0.416. The van der Waals surface area contributed by atoms with E-state index in [9.17, 15) is 4.21 Å². The van der Waals surface area contributed by atoms with E-state index in [1.807, 2.05) is 0 Å². The van der Waals surface area contributed by atoms with Crippen molar-refractivity contribution in [3.05, 3.63) is 34.9 Å². The number of aryl methyl sites for hydroxylation is 2. The van der Waals surface area contributed by atoms with Crippen molar-refractivity contribution in [2.45, 2.75) is 39.8 Å². The minimum Gasteiger partial charge on any atom is -0.310 e. The van der Waals surface area contributed by atoms with Crippen LogP contribution in [0.4, 0.5) is 0 Å². The molecule has 96 valence electrons. The normalized spacial score (nSPS) is 14.6. The van der Waals surface area contributed by atoms with Crippen LogP contribution in [0.2, 0.25) is 0 Å². The van der Waals surface area contributed by atoms with E-state index < -0.39 is 10.8 Å². The van der Waals surface area contributed by atoms with Crippen LogP contribution in [0.25, 0.3) is 0 Å². The van der Waals surface area contributed by atoms with Gasteiger partial charge in [0.1, 0.15) is 0 Å². The summed E-state index contributed by atoms with van der Waals surface area (Å²) < 4.78 is 11.0. The van der Waals surface area contributed by atoms with Gasteiger partial charge in [0.25, 0.3) is 0 Å². The van der Waals surface area contributed by atoms with Gasteiger partial charge in [0.05, 0.1) is 0 Å². The molecule has 1 rings (SSSR count). The Bertz CT molecular complexity index is 370. The third-order valence-electron chi connectivity index (χ3n) is 2.77. The van der Waals surface area contributed by atoms with Crippen LogP contribution in [-0.4, -0.2) is 22.3 Å². The summed E-state index contributed by atoms with van der Waals surface area (Å²) in [4.78, 5) is 0. The minimum atomic E-state index is -0.682. The third kappa shape index (κ3) is 5.99. The van der Waals surface area contributed by atoms with Gasteiger partial charge >= 0.3 is 0 Å². The van der Waals surface area contributed by atoms with Crippen molar-refractivity contribution in [3.8, 4) is 0 Å². The van der Waals surface area contributed by atoms with Crippen LogP contribution < -0.4 is 5.32 Å². The molecule has 0 aliphatic carbocycles. The molecule has 0 spiro atoms. The topological polar surface area (TPSA) is 29.1 Å². The van der Waals surface area contributed by atoms with E-state index in [4.69, 9.17) is 0 Å². The number of hydrogen-bond acceptors (Lipinski definition) is 2. The Labute approximate surface area is 107 Å². The van der Waals surface area contributed by atoms with E-state index in [0.29, 0.717) is 6.04 Å². The molecule has 0 saturated heterocycles. The van der Waals surface area contributed by atoms with Crippen LogP contribution in [0.3, 0.4) is 0 Å². The highest BCUT2D eigenvalue weighted by Gasteiger charge is 2.03. The second-order valence-electron chi connectivity index (χ2n) is 4.84. The Kier molecular flexibility index (Phi) is 5.86. The van der Waals surface area contributed by atoms with Crippen LogP contribution in [-0.2, 0) is 17.3 Å². The molecule has 0 aromatic heterocycles. The highest BCUT2D eigenvalue weighted by atomic mass is 32.2. The van der Waals surface area contributed by atoms with Crippen molar-refractivity contribution in [3.63, 3.8) is 0 Å². The highest BCUT2D eigenvalue weighted by Crippen LogP contribution is 2.09. The van der Waals surface area contributed by atoms with Crippen molar-refractivity contribution in [1.29, 1.82) is 0 Å². The average molecular weight is 253 g/mol. The first-order valence-electron chi connectivity index (χ1n) is 6.08. The van der Waals surface area contributed by atoms with Gasteiger partial charge in [-0.25, -0.2) is 0 Å². The molecule has 0 saturated carbocycles. The van der Waals surface area contributed by atoms with Gasteiger partial charge in [-0.3, -0.25) is 4.21 Å². The SMILES string of the molecule is Cc1cc(C)cc(CNC(C)CCS(C)=O)c1. The molecule has 0 aliphatic rings. The Morgan fingerprint density at radius 1 is 1.24 bits per heavy atom. The molecule has 1 aromatic rings. The summed E-state index contributed by atoms with van der Waals surface area (Å²) in [6.07, 6.45) is 2.73. The summed E-state index contributed by atoms with van der Waals surface area (Å²) in [6.45, 7) is 7.29. The zero-order valence-electron chi connectivity index (χ0n) is 11.2. The van der Waals surface area contributed by atoms with Crippen LogP contribution in [0.5, 0.6) is 0 Å². The highest BCUT2D eigenvalue weighted by molar-refractivity contribution is 7.84. The first-order chi connectivity index (χ1) is 7.97. The van der Waals surface area contributed by atoms with E-state index in [1.54, 1.807) is 6.26 Å². The maximum atomic E-state index is 11.0. The molecule has 17 heavy (non-hydrogen) atoms. The molecule has 0 bridgehead atoms. The third-order valence-corrected chi connectivity index (χ3v) is 3.59. The number of nitrogens with one attached hydrogen (secondary N) is 1. The lowest BCUT2D eigenvalue weighted by atomic mass is 10.1. The molecule has 2 atom stereocenters. The monoisotopic (exact) mass is 253 g/mol. The quantitative estimate of drug-likeness (QED) is 0.844. The molecule has 0 fully saturated rings. The first kappa shape index (κ1) is 14.4. The predicted octanol–water partition coefficient (Wildman–Crippen LogP) is 2.55. The molecule has 0 radical (unpaired) electrons. The predicted molar refractivity (Wildman–Crippen MR) is 75.8 cm³/mol. The maximum Gasteiger partial charge on any atom is 0.0246 e. The number of rotatable bonds is 6. The molecule has 2 nitrogen and oxygen atoms in total. The van der Waals surface area contributed by atoms with E-state index in [-0.39, 0.29) is 0 Å². The zero-order chi connectivity index (χ0) is 12.8. The van der Waals surface area contributed by atoms with Crippen molar-refractivity contribution >= 4 is 10.8 Å². The summed E-state index contributed by atoms with van der Waals surface area (Å²) in [5.41, 5.74) is 3.94. The van der Waals surface area contributed by atoms with E-state index in [1.165, 1.54) is 16.7 Å². The summed E-state index contributed by atoms with van der Waals surface area (Å²) in [6, 6.07) is 7.03. The van der Waals surface area contributed by atoms with Gasteiger partial charge in [-0.05, 0) is 32.8 Å². The smallest absolute Gasteiger partial charge is 0.0246 e. The van der Waals surface area contributed by atoms with Crippen LogP contribution in [0, 0.1) is 13.8 Å². The summed E-state index contributed by atoms with van der Waals surface area (Å²) in [5.74, 6) is 0.779. The van der Waals surface area contributed by atoms with Crippen molar-refractivity contribution in [2.75, 3.05) is 12.0 Å². The van der Waals surface area contributed by atoms with Crippen molar-refractivity contribution < 1.29 is 4.21 Å². The standard InChI is InChI=1S/C14H23NOS/c1-11-7-12(2)9-14(8-11)10-15-13(3)5-6-17(4)16/h7-9,13,15H,5-6,10H2,1-4H3.